The molecule has 1 heterocycles. The minimum atomic E-state index is 0.808. The summed E-state index contributed by atoms with van der Waals surface area (Å²) in [5.41, 5.74) is 0. The van der Waals surface area contributed by atoms with Crippen molar-refractivity contribution in [2.45, 2.75) is 39.2 Å². The maximum Gasteiger partial charge on any atom is 0.0158 e. The first-order valence-electron chi connectivity index (χ1n) is 5.10. The van der Waals surface area contributed by atoms with Gasteiger partial charge in [-0.15, -0.1) is 0 Å². The molecule has 1 atom stereocenters. The topological polar surface area (TPSA) is 12.0 Å². The second-order valence-electron chi connectivity index (χ2n) is 4.08. The van der Waals surface area contributed by atoms with Gasteiger partial charge in [0.05, 0.1) is 0 Å². The summed E-state index contributed by atoms with van der Waals surface area (Å²) in [7, 11) is 0. The Hall–Kier alpha value is 0.310. The first-order valence-corrected chi connectivity index (χ1v) is 6.25. The molecule has 1 aliphatic rings. The zero-order chi connectivity index (χ0) is 8.81. The fourth-order valence-electron chi connectivity index (χ4n) is 1.51. The monoisotopic (exact) mass is 187 g/mol. The summed E-state index contributed by atoms with van der Waals surface area (Å²) in [6.07, 6.45) is 4.20. The molecule has 0 amide bonds. The SMILES string of the molecule is CC(C)CSC[C@H]1CCCCN1. The van der Waals surface area contributed by atoms with Crippen LogP contribution in [0.15, 0.2) is 0 Å². The first-order chi connectivity index (χ1) is 5.79. The molecular formula is C10H21NS. The fourth-order valence-corrected chi connectivity index (χ4v) is 2.69. The molecule has 0 aromatic rings. The van der Waals surface area contributed by atoms with Crippen molar-refractivity contribution in [2.24, 2.45) is 5.92 Å². The van der Waals surface area contributed by atoms with Gasteiger partial charge in [-0.2, -0.15) is 11.8 Å². The number of nitrogens with one attached hydrogen (secondary N) is 1. The van der Waals surface area contributed by atoms with Crippen LogP contribution >= 0.6 is 11.8 Å². The third-order valence-electron chi connectivity index (χ3n) is 2.18. The van der Waals surface area contributed by atoms with Crippen molar-refractivity contribution in [1.82, 2.24) is 5.32 Å². The van der Waals surface area contributed by atoms with Gasteiger partial charge < -0.3 is 5.32 Å². The number of piperidine rings is 1. The minimum absolute atomic E-state index is 0.808. The second kappa shape index (κ2) is 5.87. The zero-order valence-corrected chi connectivity index (χ0v) is 9.12. The summed E-state index contributed by atoms with van der Waals surface area (Å²) in [4.78, 5) is 0. The van der Waals surface area contributed by atoms with Gasteiger partial charge in [0.1, 0.15) is 0 Å². The summed E-state index contributed by atoms with van der Waals surface area (Å²) in [5, 5.41) is 3.57. The van der Waals surface area contributed by atoms with Crippen LogP contribution in [0.1, 0.15) is 33.1 Å². The van der Waals surface area contributed by atoms with E-state index in [0.29, 0.717) is 0 Å². The van der Waals surface area contributed by atoms with Crippen molar-refractivity contribution in [2.75, 3.05) is 18.1 Å². The largest absolute Gasteiger partial charge is 0.313 e. The highest BCUT2D eigenvalue weighted by Crippen LogP contribution is 2.14. The number of thioether (sulfide) groups is 1. The molecule has 0 aliphatic carbocycles. The van der Waals surface area contributed by atoms with E-state index < -0.39 is 0 Å². The Bertz CT molecular complexity index is 108. The average molecular weight is 187 g/mol. The lowest BCUT2D eigenvalue weighted by Gasteiger charge is -2.23. The molecule has 1 nitrogen and oxygen atoms in total. The van der Waals surface area contributed by atoms with Crippen LogP contribution in [0.25, 0.3) is 0 Å². The van der Waals surface area contributed by atoms with E-state index in [0.717, 1.165) is 12.0 Å². The molecule has 1 rings (SSSR count). The summed E-state index contributed by atoms with van der Waals surface area (Å²) < 4.78 is 0. The molecule has 0 spiro atoms. The maximum absolute atomic E-state index is 3.57. The van der Waals surface area contributed by atoms with Gasteiger partial charge in [0.25, 0.3) is 0 Å². The molecule has 0 unspecified atom stereocenters. The van der Waals surface area contributed by atoms with Crippen LogP contribution in [0.3, 0.4) is 0 Å². The summed E-state index contributed by atoms with van der Waals surface area (Å²) in [5.74, 6) is 3.48. The van der Waals surface area contributed by atoms with E-state index in [1.165, 1.54) is 37.3 Å². The molecule has 12 heavy (non-hydrogen) atoms. The van der Waals surface area contributed by atoms with Crippen LogP contribution in [-0.2, 0) is 0 Å². The van der Waals surface area contributed by atoms with E-state index in [1.807, 2.05) is 0 Å². The van der Waals surface area contributed by atoms with Gasteiger partial charge in [-0.25, -0.2) is 0 Å². The van der Waals surface area contributed by atoms with Crippen LogP contribution in [0.5, 0.6) is 0 Å². The Morgan fingerprint density at radius 1 is 1.42 bits per heavy atom. The third-order valence-corrected chi connectivity index (χ3v) is 3.72. The molecule has 1 N–H and O–H groups in total. The molecule has 0 saturated carbocycles. The van der Waals surface area contributed by atoms with Crippen molar-refractivity contribution in [3.63, 3.8) is 0 Å². The van der Waals surface area contributed by atoms with Crippen LogP contribution < -0.4 is 5.32 Å². The lowest BCUT2D eigenvalue weighted by molar-refractivity contribution is 0.429. The third kappa shape index (κ3) is 4.36. The molecule has 1 fully saturated rings. The van der Waals surface area contributed by atoms with E-state index >= 15 is 0 Å². The van der Waals surface area contributed by atoms with Gasteiger partial charge in [-0.05, 0) is 31.1 Å². The van der Waals surface area contributed by atoms with E-state index in [-0.39, 0.29) is 0 Å². The number of hydrogen-bond donors (Lipinski definition) is 1. The molecule has 2 heteroatoms. The predicted molar refractivity (Wildman–Crippen MR) is 57.8 cm³/mol. The van der Waals surface area contributed by atoms with Crippen molar-refractivity contribution in [3.05, 3.63) is 0 Å². The van der Waals surface area contributed by atoms with Gasteiger partial charge >= 0.3 is 0 Å². The van der Waals surface area contributed by atoms with Crippen LogP contribution in [0, 0.1) is 5.92 Å². The highest BCUT2D eigenvalue weighted by molar-refractivity contribution is 7.99. The van der Waals surface area contributed by atoms with Crippen molar-refractivity contribution >= 4 is 11.8 Å². The lowest BCUT2D eigenvalue weighted by Crippen LogP contribution is -2.35. The summed E-state index contributed by atoms with van der Waals surface area (Å²) in [6, 6.07) is 0.808. The minimum Gasteiger partial charge on any atom is -0.313 e. The van der Waals surface area contributed by atoms with E-state index in [1.54, 1.807) is 0 Å². The van der Waals surface area contributed by atoms with Gasteiger partial charge in [0, 0.05) is 11.8 Å². The van der Waals surface area contributed by atoms with Crippen molar-refractivity contribution in [3.8, 4) is 0 Å². The molecule has 1 aliphatic heterocycles. The standard InChI is InChI=1S/C10H21NS/c1-9(2)7-12-8-10-5-3-4-6-11-10/h9-11H,3-8H2,1-2H3/t10-/m1/s1. The summed E-state index contributed by atoms with van der Waals surface area (Å²) >= 11 is 2.11. The van der Waals surface area contributed by atoms with E-state index in [2.05, 4.69) is 30.9 Å². The molecule has 0 aromatic heterocycles. The molecular weight excluding hydrogens is 166 g/mol. The quantitative estimate of drug-likeness (QED) is 0.726. The Labute approximate surface area is 80.7 Å². The van der Waals surface area contributed by atoms with Crippen LogP contribution in [0.4, 0.5) is 0 Å². The fraction of sp³-hybridized carbons (Fsp3) is 1.00. The Balaban J connectivity index is 1.98. The maximum atomic E-state index is 3.57. The van der Waals surface area contributed by atoms with Gasteiger partial charge in [-0.1, -0.05) is 20.3 Å². The first kappa shape index (κ1) is 10.4. The van der Waals surface area contributed by atoms with Crippen molar-refractivity contribution < 1.29 is 0 Å². The number of hydrogen-bond acceptors (Lipinski definition) is 2. The molecule has 0 aromatic carbocycles. The Kier molecular flexibility index (Phi) is 5.08. The normalized spacial score (nSPS) is 24.8. The van der Waals surface area contributed by atoms with Crippen LogP contribution in [-0.4, -0.2) is 24.1 Å². The Morgan fingerprint density at radius 2 is 2.25 bits per heavy atom. The molecule has 0 radical (unpaired) electrons. The molecule has 1 saturated heterocycles. The zero-order valence-electron chi connectivity index (χ0n) is 8.31. The smallest absolute Gasteiger partial charge is 0.0158 e. The van der Waals surface area contributed by atoms with Crippen molar-refractivity contribution in [1.29, 1.82) is 0 Å². The van der Waals surface area contributed by atoms with Gasteiger partial charge in [0.15, 0.2) is 0 Å². The van der Waals surface area contributed by atoms with E-state index in [9.17, 15) is 0 Å². The highest BCUT2D eigenvalue weighted by Gasteiger charge is 2.11. The number of rotatable bonds is 4. The average Bonchev–Trinajstić information content (AvgIpc) is 2.05. The Morgan fingerprint density at radius 3 is 2.83 bits per heavy atom. The predicted octanol–water partition coefficient (Wildman–Crippen LogP) is 2.52. The van der Waals surface area contributed by atoms with Gasteiger partial charge in [-0.3, -0.25) is 0 Å². The van der Waals surface area contributed by atoms with Gasteiger partial charge in [0.2, 0.25) is 0 Å². The second-order valence-corrected chi connectivity index (χ2v) is 5.15. The lowest BCUT2D eigenvalue weighted by atomic mass is 10.1. The molecule has 0 bridgehead atoms. The van der Waals surface area contributed by atoms with E-state index in [4.69, 9.17) is 0 Å². The highest BCUT2D eigenvalue weighted by atomic mass is 32.2. The molecule has 72 valence electrons. The summed E-state index contributed by atoms with van der Waals surface area (Å²) in [6.45, 7) is 5.83. The van der Waals surface area contributed by atoms with Crippen LogP contribution in [0.2, 0.25) is 0 Å².